The van der Waals surface area contributed by atoms with Crippen molar-refractivity contribution in [2.75, 3.05) is 13.1 Å². The molecule has 0 aliphatic rings. The fourth-order valence-corrected chi connectivity index (χ4v) is 0.634. The highest BCUT2D eigenvalue weighted by Crippen LogP contribution is 1.87. The number of nitrogens with one attached hydrogen (secondary N) is 1. The van der Waals surface area contributed by atoms with Crippen molar-refractivity contribution in [2.24, 2.45) is 5.73 Å². The fourth-order valence-electron chi connectivity index (χ4n) is 0.634. The Hall–Kier alpha value is -1.36. The summed E-state index contributed by atoms with van der Waals surface area (Å²) in [6.45, 7) is 4.08. The number of hydrogen-bond donors (Lipinski definition) is 2. The Morgan fingerprint density at radius 1 is 1.67 bits per heavy atom. The molecule has 0 radical (unpaired) electrons. The molecule has 12 heavy (non-hydrogen) atoms. The first-order chi connectivity index (χ1) is 5.76. The van der Waals surface area contributed by atoms with Gasteiger partial charge in [0.2, 0.25) is 6.41 Å². The molecule has 5 nitrogen and oxygen atoms in total. The molecule has 68 valence electrons. The number of amides is 3. The average Bonchev–Trinajstić information content (AvgIpc) is 2.06. The molecule has 0 bridgehead atoms. The second kappa shape index (κ2) is 6.36. The van der Waals surface area contributed by atoms with Crippen molar-refractivity contribution in [1.29, 1.82) is 0 Å². The summed E-state index contributed by atoms with van der Waals surface area (Å²) in [5, 5.41) is 2.28. The number of nitrogens with zero attached hydrogens (tertiary/aromatic N) is 1. The number of imide groups is 1. The van der Waals surface area contributed by atoms with Gasteiger partial charge >= 0.3 is 6.03 Å². The monoisotopic (exact) mass is 171 g/mol. The van der Waals surface area contributed by atoms with Crippen LogP contribution in [0.4, 0.5) is 4.79 Å². The first-order valence-electron chi connectivity index (χ1n) is 3.59. The average molecular weight is 171 g/mol. The highest BCUT2D eigenvalue weighted by Gasteiger charge is 2.08. The molecule has 0 aliphatic carbocycles. The summed E-state index contributed by atoms with van der Waals surface area (Å²) in [4.78, 5) is 22.3. The van der Waals surface area contributed by atoms with Crippen LogP contribution in [0.1, 0.15) is 6.42 Å². The van der Waals surface area contributed by atoms with E-state index in [2.05, 4.69) is 11.9 Å². The molecule has 0 atom stereocenters. The molecule has 0 aromatic carbocycles. The Bertz CT molecular complexity index is 170. The Morgan fingerprint density at radius 3 is 2.75 bits per heavy atom. The Kier molecular flexibility index (Phi) is 5.64. The minimum absolute atomic E-state index is 0.333. The second-order valence-electron chi connectivity index (χ2n) is 2.09. The van der Waals surface area contributed by atoms with Crippen LogP contribution in [-0.2, 0) is 4.79 Å². The maximum atomic E-state index is 11.0. The molecule has 0 spiro atoms. The summed E-state index contributed by atoms with van der Waals surface area (Å²) < 4.78 is 0. The molecule has 0 saturated heterocycles. The maximum Gasteiger partial charge on any atom is 0.327 e. The van der Waals surface area contributed by atoms with Gasteiger partial charge < -0.3 is 11.1 Å². The molecule has 3 amide bonds. The van der Waals surface area contributed by atoms with E-state index in [9.17, 15) is 9.59 Å². The normalized spacial score (nSPS) is 8.75. The molecule has 0 aromatic rings. The Labute approximate surface area is 71.2 Å². The van der Waals surface area contributed by atoms with E-state index in [1.165, 1.54) is 6.20 Å². The van der Waals surface area contributed by atoms with Crippen molar-refractivity contribution in [3.63, 3.8) is 0 Å². The van der Waals surface area contributed by atoms with E-state index in [1.54, 1.807) is 0 Å². The molecule has 0 heterocycles. The zero-order valence-corrected chi connectivity index (χ0v) is 6.82. The minimum Gasteiger partial charge on any atom is -0.330 e. The molecule has 5 heteroatoms. The van der Waals surface area contributed by atoms with Gasteiger partial charge in [0.25, 0.3) is 0 Å². The van der Waals surface area contributed by atoms with Gasteiger partial charge in [0.05, 0.1) is 0 Å². The summed E-state index contributed by atoms with van der Waals surface area (Å²) >= 11 is 0. The molecule has 0 aromatic heterocycles. The molecule has 0 aliphatic heterocycles. The van der Waals surface area contributed by atoms with Gasteiger partial charge in [-0.05, 0) is 19.2 Å². The maximum absolute atomic E-state index is 11.0. The first kappa shape index (κ1) is 10.6. The highest BCUT2D eigenvalue weighted by atomic mass is 16.2. The van der Waals surface area contributed by atoms with Gasteiger partial charge in [-0.2, -0.15) is 0 Å². The van der Waals surface area contributed by atoms with E-state index in [0.29, 0.717) is 25.9 Å². The van der Waals surface area contributed by atoms with E-state index < -0.39 is 6.03 Å². The van der Waals surface area contributed by atoms with Gasteiger partial charge in [-0.1, -0.05) is 6.58 Å². The molecule has 0 unspecified atom stereocenters. The zero-order chi connectivity index (χ0) is 9.40. The van der Waals surface area contributed by atoms with Crippen LogP contribution in [0.2, 0.25) is 0 Å². The van der Waals surface area contributed by atoms with Crippen LogP contribution in [0.15, 0.2) is 12.8 Å². The smallest absolute Gasteiger partial charge is 0.327 e. The van der Waals surface area contributed by atoms with E-state index in [1.807, 2.05) is 0 Å². The van der Waals surface area contributed by atoms with Gasteiger partial charge in [0.15, 0.2) is 0 Å². The Morgan fingerprint density at radius 2 is 2.33 bits per heavy atom. The van der Waals surface area contributed by atoms with Crippen LogP contribution in [0.5, 0.6) is 0 Å². The quantitative estimate of drug-likeness (QED) is 0.555. The lowest BCUT2D eigenvalue weighted by molar-refractivity contribution is -0.115. The summed E-state index contributed by atoms with van der Waals surface area (Å²) in [5.74, 6) is 0. The topological polar surface area (TPSA) is 75.4 Å². The van der Waals surface area contributed by atoms with Crippen LogP contribution >= 0.6 is 0 Å². The third kappa shape index (κ3) is 3.72. The van der Waals surface area contributed by atoms with Crippen molar-refractivity contribution in [1.82, 2.24) is 10.2 Å². The van der Waals surface area contributed by atoms with Gasteiger partial charge in [0, 0.05) is 6.54 Å². The predicted molar refractivity (Wildman–Crippen MR) is 45.2 cm³/mol. The van der Waals surface area contributed by atoms with Crippen LogP contribution in [0.3, 0.4) is 0 Å². The van der Waals surface area contributed by atoms with Gasteiger partial charge in [-0.25, -0.2) is 4.79 Å². The number of carbonyl (C=O) groups excluding carboxylic acids is 2. The zero-order valence-electron chi connectivity index (χ0n) is 6.82. The molecule has 0 rings (SSSR count). The number of hydrogen-bond acceptors (Lipinski definition) is 3. The van der Waals surface area contributed by atoms with Crippen molar-refractivity contribution < 1.29 is 9.59 Å². The van der Waals surface area contributed by atoms with E-state index >= 15 is 0 Å². The van der Waals surface area contributed by atoms with Crippen LogP contribution in [0, 0.1) is 0 Å². The first-order valence-corrected chi connectivity index (χ1v) is 3.59. The van der Waals surface area contributed by atoms with Crippen LogP contribution in [-0.4, -0.2) is 30.4 Å². The van der Waals surface area contributed by atoms with Crippen molar-refractivity contribution >= 4 is 12.4 Å². The van der Waals surface area contributed by atoms with Gasteiger partial charge in [-0.3, -0.25) is 9.69 Å². The molecule has 3 N–H and O–H groups in total. The SMILES string of the molecule is C=CNC(=O)N(C=O)CCCN. The predicted octanol–water partition coefficient (Wildman–Crippen LogP) is -0.353. The standard InChI is InChI=1S/C7H13N3O2/c1-2-9-7(12)10(6-11)5-3-4-8/h2,6H,1,3-5,8H2,(H,9,12). The van der Waals surface area contributed by atoms with E-state index in [4.69, 9.17) is 5.73 Å². The summed E-state index contributed by atoms with van der Waals surface area (Å²) in [6.07, 6.45) is 2.29. The molecular weight excluding hydrogens is 158 g/mol. The van der Waals surface area contributed by atoms with Crippen molar-refractivity contribution in [3.8, 4) is 0 Å². The number of urea groups is 1. The van der Waals surface area contributed by atoms with Gasteiger partial charge in [0.1, 0.15) is 0 Å². The summed E-state index contributed by atoms with van der Waals surface area (Å²) in [6, 6.07) is -0.478. The summed E-state index contributed by atoms with van der Waals surface area (Å²) in [7, 11) is 0. The second-order valence-corrected chi connectivity index (χ2v) is 2.09. The largest absolute Gasteiger partial charge is 0.330 e. The van der Waals surface area contributed by atoms with E-state index in [0.717, 1.165) is 4.90 Å². The lowest BCUT2D eigenvalue weighted by atomic mass is 10.4. The number of carbonyl (C=O) groups is 2. The van der Waals surface area contributed by atoms with Crippen LogP contribution in [0.25, 0.3) is 0 Å². The van der Waals surface area contributed by atoms with Gasteiger partial charge in [-0.15, -0.1) is 0 Å². The van der Waals surface area contributed by atoms with Crippen molar-refractivity contribution in [3.05, 3.63) is 12.8 Å². The molecule has 0 fully saturated rings. The minimum atomic E-state index is -0.478. The fraction of sp³-hybridized carbons (Fsp3) is 0.429. The van der Waals surface area contributed by atoms with Crippen LogP contribution < -0.4 is 11.1 Å². The van der Waals surface area contributed by atoms with E-state index in [-0.39, 0.29) is 0 Å². The third-order valence-electron chi connectivity index (χ3n) is 1.22. The van der Waals surface area contributed by atoms with Crippen molar-refractivity contribution in [2.45, 2.75) is 6.42 Å². The molecular formula is C7H13N3O2. The summed E-state index contributed by atoms with van der Waals surface area (Å²) in [5.41, 5.74) is 5.21. The Balaban J connectivity index is 3.86. The third-order valence-corrected chi connectivity index (χ3v) is 1.22. The molecule has 0 saturated carbocycles. The highest BCUT2D eigenvalue weighted by molar-refractivity contribution is 5.85. The number of rotatable bonds is 5. The number of nitrogens with two attached hydrogens (primary N) is 1. The lowest BCUT2D eigenvalue weighted by Crippen LogP contribution is -2.37. The lowest BCUT2D eigenvalue weighted by Gasteiger charge is -2.13.